The summed E-state index contributed by atoms with van der Waals surface area (Å²) in [6.45, 7) is 0. The second kappa shape index (κ2) is 2.71. The normalized spacial score (nSPS) is 14.1. The van der Waals surface area contributed by atoms with E-state index in [1.807, 2.05) is 43.2 Å². The van der Waals surface area contributed by atoms with Crippen molar-refractivity contribution in [3.8, 4) is 11.5 Å². The van der Waals surface area contributed by atoms with Gasteiger partial charge in [0.25, 0.3) is 0 Å². The molecule has 0 unspecified atom stereocenters. The van der Waals surface area contributed by atoms with E-state index < -0.39 is 0 Å². The van der Waals surface area contributed by atoms with E-state index in [1.54, 1.807) is 0 Å². The molecule has 0 saturated carbocycles. The van der Waals surface area contributed by atoms with Gasteiger partial charge >= 0.3 is 7.25 Å². The van der Waals surface area contributed by atoms with Gasteiger partial charge in [0, 0.05) is 0 Å². The van der Waals surface area contributed by atoms with Crippen LogP contribution in [0, 0.1) is 0 Å². The molecular weight excluding hydrogens is 153 g/mol. The second-order valence-electron chi connectivity index (χ2n) is 2.95. The maximum absolute atomic E-state index is 5.47. The molecule has 1 aromatic rings. The standard InChI is InChI=1S/C8H10BNO2/c1-10(2)9-11-7-5-3-4-6-8(7)12-9/h3-6H,1-2H3. The van der Waals surface area contributed by atoms with Gasteiger partial charge in [-0.1, -0.05) is 12.1 Å². The smallest absolute Gasteiger partial charge is 0.509 e. The second-order valence-corrected chi connectivity index (χ2v) is 2.95. The third-order valence-corrected chi connectivity index (χ3v) is 1.73. The van der Waals surface area contributed by atoms with Crippen LogP contribution in [0.15, 0.2) is 24.3 Å². The lowest BCUT2D eigenvalue weighted by atomic mass is 10.1. The van der Waals surface area contributed by atoms with Crippen LogP contribution in [0.2, 0.25) is 0 Å². The molecule has 12 heavy (non-hydrogen) atoms. The summed E-state index contributed by atoms with van der Waals surface area (Å²) in [5.74, 6) is 1.63. The van der Waals surface area contributed by atoms with Crippen molar-refractivity contribution >= 4 is 7.25 Å². The number of benzene rings is 1. The highest BCUT2D eigenvalue weighted by molar-refractivity contribution is 6.44. The molecule has 0 atom stereocenters. The number of fused-ring (bicyclic) bond motifs is 1. The minimum Gasteiger partial charge on any atom is -0.509 e. The number of hydrogen-bond donors (Lipinski definition) is 0. The molecule has 0 fully saturated rings. The molecule has 0 aliphatic carbocycles. The first kappa shape index (κ1) is 7.49. The predicted molar refractivity (Wildman–Crippen MR) is 47.1 cm³/mol. The van der Waals surface area contributed by atoms with Crippen LogP contribution < -0.4 is 9.31 Å². The van der Waals surface area contributed by atoms with Crippen LogP contribution in [0.5, 0.6) is 11.5 Å². The maximum Gasteiger partial charge on any atom is 0.701 e. The Labute approximate surface area is 72.1 Å². The Morgan fingerprint density at radius 1 is 1.08 bits per heavy atom. The molecule has 1 aromatic carbocycles. The van der Waals surface area contributed by atoms with Gasteiger partial charge in [0.1, 0.15) is 11.5 Å². The summed E-state index contributed by atoms with van der Waals surface area (Å²) in [6.07, 6.45) is 0. The first-order valence-electron chi connectivity index (χ1n) is 3.86. The Kier molecular flexibility index (Phi) is 1.69. The molecule has 0 N–H and O–H groups in total. The average molecular weight is 163 g/mol. The average Bonchev–Trinajstić information content (AvgIpc) is 2.46. The van der Waals surface area contributed by atoms with Crippen molar-refractivity contribution in [3.05, 3.63) is 24.3 Å². The molecule has 0 spiro atoms. The summed E-state index contributed by atoms with van der Waals surface area (Å²) in [7, 11) is 3.55. The summed E-state index contributed by atoms with van der Waals surface area (Å²) < 4.78 is 10.9. The number of nitrogens with zero attached hydrogens (tertiary/aromatic N) is 1. The van der Waals surface area contributed by atoms with Crippen LogP contribution in [0.4, 0.5) is 0 Å². The Morgan fingerprint density at radius 3 is 2.00 bits per heavy atom. The highest BCUT2D eigenvalue weighted by atomic mass is 16.6. The van der Waals surface area contributed by atoms with E-state index in [2.05, 4.69) is 0 Å². The maximum atomic E-state index is 5.47. The largest absolute Gasteiger partial charge is 0.701 e. The van der Waals surface area contributed by atoms with Gasteiger partial charge in [0.2, 0.25) is 0 Å². The summed E-state index contributed by atoms with van der Waals surface area (Å²) in [6, 6.07) is 7.66. The van der Waals surface area contributed by atoms with E-state index in [0.29, 0.717) is 0 Å². The molecule has 2 rings (SSSR count). The molecule has 0 aromatic heterocycles. The lowest BCUT2D eigenvalue weighted by Gasteiger charge is -2.10. The topological polar surface area (TPSA) is 21.7 Å². The van der Waals surface area contributed by atoms with Gasteiger partial charge in [-0.05, 0) is 26.2 Å². The van der Waals surface area contributed by atoms with E-state index in [4.69, 9.17) is 9.31 Å². The Morgan fingerprint density at radius 2 is 1.58 bits per heavy atom. The summed E-state index contributed by atoms with van der Waals surface area (Å²) >= 11 is 0. The van der Waals surface area contributed by atoms with Gasteiger partial charge in [-0.2, -0.15) is 0 Å². The van der Waals surface area contributed by atoms with Crippen LogP contribution >= 0.6 is 0 Å². The Balaban J connectivity index is 2.22. The van der Waals surface area contributed by atoms with E-state index in [9.17, 15) is 0 Å². The zero-order valence-electron chi connectivity index (χ0n) is 7.15. The van der Waals surface area contributed by atoms with Crippen molar-refractivity contribution in [3.63, 3.8) is 0 Å². The van der Waals surface area contributed by atoms with Crippen LogP contribution in [-0.2, 0) is 0 Å². The van der Waals surface area contributed by atoms with Crippen LogP contribution in [0.3, 0.4) is 0 Å². The van der Waals surface area contributed by atoms with Gasteiger partial charge < -0.3 is 9.31 Å². The monoisotopic (exact) mass is 163 g/mol. The van der Waals surface area contributed by atoms with Crippen molar-refractivity contribution in [2.75, 3.05) is 14.1 Å². The molecular formula is C8H10BNO2. The third kappa shape index (κ3) is 1.14. The molecule has 3 nitrogen and oxygen atoms in total. The summed E-state index contributed by atoms with van der Waals surface area (Å²) in [4.78, 5) is 1.88. The molecule has 0 saturated heterocycles. The highest BCUT2D eigenvalue weighted by Gasteiger charge is 2.34. The fourth-order valence-electron chi connectivity index (χ4n) is 1.10. The van der Waals surface area contributed by atoms with Crippen LogP contribution in [-0.4, -0.2) is 26.2 Å². The van der Waals surface area contributed by atoms with Gasteiger partial charge in [-0.3, -0.25) is 4.81 Å². The molecule has 0 bridgehead atoms. The van der Waals surface area contributed by atoms with E-state index in [1.165, 1.54) is 0 Å². The van der Waals surface area contributed by atoms with Crippen LogP contribution in [0.1, 0.15) is 0 Å². The highest BCUT2D eigenvalue weighted by Crippen LogP contribution is 2.32. The van der Waals surface area contributed by atoms with Crippen molar-refractivity contribution in [1.29, 1.82) is 0 Å². The van der Waals surface area contributed by atoms with Crippen molar-refractivity contribution in [2.45, 2.75) is 0 Å². The van der Waals surface area contributed by atoms with Crippen LogP contribution in [0.25, 0.3) is 0 Å². The lowest BCUT2D eigenvalue weighted by molar-refractivity contribution is 0.394. The Bertz CT molecular complexity index is 265. The molecule has 1 heterocycles. The molecule has 1 aliphatic heterocycles. The minimum absolute atomic E-state index is 0.276. The fraction of sp³-hybridized carbons (Fsp3) is 0.250. The minimum atomic E-state index is -0.276. The van der Waals surface area contributed by atoms with E-state index >= 15 is 0 Å². The van der Waals surface area contributed by atoms with Crippen molar-refractivity contribution < 1.29 is 9.31 Å². The molecule has 62 valence electrons. The summed E-state index contributed by atoms with van der Waals surface area (Å²) in [5.41, 5.74) is 0. The van der Waals surface area contributed by atoms with Gasteiger partial charge in [-0.15, -0.1) is 0 Å². The Hall–Kier alpha value is -1.16. The third-order valence-electron chi connectivity index (χ3n) is 1.73. The van der Waals surface area contributed by atoms with E-state index in [-0.39, 0.29) is 7.25 Å². The summed E-state index contributed by atoms with van der Waals surface area (Å²) in [5, 5.41) is 0. The van der Waals surface area contributed by atoms with Crippen molar-refractivity contribution in [2.24, 2.45) is 0 Å². The first-order chi connectivity index (χ1) is 5.77. The number of hydrogen-bond acceptors (Lipinski definition) is 3. The SMILES string of the molecule is CN(C)B1Oc2ccccc2O1. The molecule has 4 heteroatoms. The van der Waals surface area contributed by atoms with E-state index in [0.717, 1.165) is 11.5 Å². The quantitative estimate of drug-likeness (QED) is 0.576. The number of para-hydroxylation sites is 2. The lowest BCUT2D eigenvalue weighted by Crippen LogP contribution is -2.40. The van der Waals surface area contributed by atoms with Gasteiger partial charge in [-0.25, -0.2) is 0 Å². The van der Waals surface area contributed by atoms with Gasteiger partial charge in [0.15, 0.2) is 0 Å². The number of rotatable bonds is 1. The molecule has 1 aliphatic rings. The zero-order valence-corrected chi connectivity index (χ0v) is 7.15. The van der Waals surface area contributed by atoms with Gasteiger partial charge in [0.05, 0.1) is 0 Å². The first-order valence-corrected chi connectivity index (χ1v) is 3.86. The van der Waals surface area contributed by atoms with Crippen molar-refractivity contribution in [1.82, 2.24) is 4.81 Å². The predicted octanol–water partition coefficient (Wildman–Crippen LogP) is 1.00. The zero-order chi connectivity index (χ0) is 8.55. The fourth-order valence-corrected chi connectivity index (χ4v) is 1.10. The molecule has 0 radical (unpaired) electrons. The molecule has 0 amide bonds.